The van der Waals surface area contributed by atoms with E-state index in [0.29, 0.717) is 5.25 Å². The third kappa shape index (κ3) is 3.67. The predicted molar refractivity (Wildman–Crippen MR) is 113 cm³/mol. The number of methoxy groups -OCH3 is 1. The second kappa shape index (κ2) is 7.51. The predicted octanol–water partition coefficient (Wildman–Crippen LogP) is 3.90. The van der Waals surface area contributed by atoms with Crippen LogP contribution in [-0.2, 0) is 4.74 Å². The molecule has 0 atom stereocenters. The summed E-state index contributed by atoms with van der Waals surface area (Å²) in [5.41, 5.74) is 1.54. The van der Waals surface area contributed by atoms with Gasteiger partial charge in [0, 0.05) is 35.8 Å². The average molecular weight is 428 g/mol. The van der Waals surface area contributed by atoms with Crippen LogP contribution in [0.25, 0.3) is 21.3 Å². The molecule has 0 amide bonds. The fourth-order valence-electron chi connectivity index (χ4n) is 3.57. The first kappa shape index (κ1) is 18.7. The minimum Gasteiger partial charge on any atom is -0.379 e. The Balaban J connectivity index is 1.34. The van der Waals surface area contributed by atoms with E-state index >= 15 is 0 Å². The number of pyridine rings is 1. The van der Waals surface area contributed by atoms with Crippen LogP contribution in [0.15, 0.2) is 42.1 Å². The summed E-state index contributed by atoms with van der Waals surface area (Å²) in [5.74, 6) is 0. The van der Waals surface area contributed by atoms with Gasteiger partial charge in [0.05, 0.1) is 18.1 Å². The van der Waals surface area contributed by atoms with E-state index < -0.39 is 0 Å². The number of thioether (sulfide) groups is 1. The summed E-state index contributed by atoms with van der Waals surface area (Å²) < 4.78 is 9.26. The van der Waals surface area contributed by atoms with E-state index in [4.69, 9.17) is 4.74 Å². The van der Waals surface area contributed by atoms with E-state index in [1.165, 1.54) is 11.3 Å². The zero-order valence-electron chi connectivity index (χ0n) is 16.2. The summed E-state index contributed by atoms with van der Waals surface area (Å²) in [5, 5.41) is 10.9. The lowest BCUT2D eigenvalue weighted by atomic mass is 9.86. The van der Waals surface area contributed by atoms with Crippen LogP contribution in [0.5, 0.6) is 0 Å². The van der Waals surface area contributed by atoms with Crippen LogP contribution in [0.2, 0.25) is 0 Å². The number of hydrogen-bond acceptors (Lipinski definition) is 8. The molecule has 4 aromatic heterocycles. The van der Waals surface area contributed by atoms with Crippen molar-refractivity contribution in [1.29, 1.82) is 0 Å². The zero-order chi connectivity index (χ0) is 19.8. The van der Waals surface area contributed by atoms with Crippen molar-refractivity contribution >= 4 is 34.3 Å². The van der Waals surface area contributed by atoms with Gasteiger partial charge >= 0.3 is 0 Å². The van der Waals surface area contributed by atoms with E-state index in [-0.39, 0.29) is 5.60 Å². The summed E-state index contributed by atoms with van der Waals surface area (Å²) in [6.07, 6.45) is 13.6. The molecule has 0 saturated heterocycles. The van der Waals surface area contributed by atoms with E-state index in [0.717, 1.165) is 51.9 Å². The number of aromatic nitrogens is 7. The minimum atomic E-state index is 0.0330. The molecule has 1 fully saturated rings. The lowest BCUT2D eigenvalue weighted by molar-refractivity contribution is -0.0220. The van der Waals surface area contributed by atoms with Crippen molar-refractivity contribution in [1.82, 2.24) is 34.5 Å². The highest BCUT2D eigenvalue weighted by atomic mass is 32.2. The van der Waals surface area contributed by atoms with Gasteiger partial charge in [-0.2, -0.15) is 4.68 Å². The molecule has 29 heavy (non-hydrogen) atoms. The summed E-state index contributed by atoms with van der Waals surface area (Å²) in [6, 6.07) is 2.07. The quantitative estimate of drug-likeness (QED) is 0.478. The molecule has 0 N–H and O–H groups in total. The van der Waals surface area contributed by atoms with Gasteiger partial charge in [-0.1, -0.05) is 16.6 Å². The summed E-state index contributed by atoms with van der Waals surface area (Å²) in [7, 11) is 1.81. The molecule has 4 heterocycles. The Morgan fingerprint density at radius 2 is 2.10 bits per heavy atom. The molecule has 0 radical (unpaired) electrons. The molecule has 1 aliphatic rings. The Labute approximate surface area is 176 Å². The van der Waals surface area contributed by atoms with Crippen molar-refractivity contribution in [3.8, 4) is 10.1 Å². The highest BCUT2D eigenvalue weighted by molar-refractivity contribution is 8.00. The molecule has 0 aliphatic heterocycles. The molecule has 0 bridgehead atoms. The van der Waals surface area contributed by atoms with Gasteiger partial charge in [-0.15, -0.1) is 16.9 Å². The van der Waals surface area contributed by atoms with Crippen LogP contribution in [-0.4, -0.2) is 52.5 Å². The fraction of sp³-hybridized carbons (Fsp3) is 0.421. The van der Waals surface area contributed by atoms with Crippen LogP contribution in [0, 0.1) is 0 Å². The molecular formula is C19H21N7OS2. The Kier molecular flexibility index (Phi) is 4.84. The van der Waals surface area contributed by atoms with E-state index in [1.807, 2.05) is 35.8 Å². The van der Waals surface area contributed by atoms with Gasteiger partial charge in [0.1, 0.15) is 10.5 Å². The Bertz CT molecular complexity index is 1110. The number of nitrogens with zero attached hydrogens (tertiary/aromatic N) is 7. The van der Waals surface area contributed by atoms with Gasteiger partial charge in [-0.25, -0.2) is 15.0 Å². The largest absolute Gasteiger partial charge is 0.379 e. The van der Waals surface area contributed by atoms with Gasteiger partial charge in [-0.3, -0.25) is 4.57 Å². The number of rotatable bonds is 5. The van der Waals surface area contributed by atoms with E-state index in [9.17, 15) is 0 Å². The summed E-state index contributed by atoms with van der Waals surface area (Å²) in [4.78, 5) is 14.3. The van der Waals surface area contributed by atoms with E-state index in [1.54, 1.807) is 23.4 Å². The number of hydrogen-bond donors (Lipinski definition) is 0. The van der Waals surface area contributed by atoms with Crippen molar-refractivity contribution in [2.24, 2.45) is 0 Å². The monoisotopic (exact) mass is 427 g/mol. The molecule has 0 spiro atoms. The molecule has 1 saturated carbocycles. The highest BCUT2D eigenvalue weighted by Gasteiger charge is 2.31. The van der Waals surface area contributed by atoms with Gasteiger partial charge < -0.3 is 4.74 Å². The number of imidazole rings is 1. The number of thiazole rings is 1. The molecule has 8 nitrogen and oxygen atoms in total. The van der Waals surface area contributed by atoms with Gasteiger partial charge in [0.2, 0.25) is 5.13 Å². The number of fused-ring (bicyclic) bond motifs is 1. The SMILES string of the molecule is COC1(C)CCC(Sc2cnc3c(c2)nnn3-c2ncc(-n3ccnc3)s2)CC1. The summed E-state index contributed by atoms with van der Waals surface area (Å²) >= 11 is 3.39. The van der Waals surface area contributed by atoms with Crippen molar-refractivity contribution in [3.63, 3.8) is 0 Å². The van der Waals surface area contributed by atoms with Crippen molar-refractivity contribution < 1.29 is 4.74 Å². The third-order valence-electron chi connectivity index (χ3n) is 5.47. The second-order valence-electron chi connectivity index (χ2n) is 7.44. The molecule has 4 aromatic rings. The van der Waals surface area contributed by atoms with Gasteiger partial charge in [0.25, 0.3) is 0 Å². The van der Waals surface area contributed by atoms with Gasteiger partial charge in [0.15, 0.2) is 5.65 Å². The first-order chi connectivity index (χ1) is 14.1. The normalized spacial score (nSPS) is 22.3. The van der Waals surface area contributed by atoms with Crippen LogP contribution >= 0.6 is 23.1 Å². The van der Waals surface area contributed by atoms with Crippen LogP contribution in [0.1, 0.15) is 32.6 Å². The van der Waals surface area contributed by atoms with Crippen LogP contribution < -0.4 is 0 Å². The van der Waals surface area contributed by atoms with Crippen molar-refractivity contribution in [2.45, 2.75) is 48.4 Å². The first-order valence-electron chi connectivity index (χ1n) is 9.51. The van der Waals surface area contributed by atoms with Crippen molar-refractivity contribution in [3.05, 3.63) is 37.2 Å². The molecule has 0 aromatic carbocycles. The maximum Gasteiger partial charge on any atom is 0.215 e. The lowest BCUT2D eigenvalue weighted by Crippen LogP contribution is -2.33. The zero-order valence-corrected chi connectivity index (χ0v) is 17.9. The second-order valence-corrected chi connectivity index (χ2v) is 9.80. The molecular weight excluding hydrogens is 406 g/mol. The molecule has 5 rings (SSSR count). The highest BCUT2D eigenvalue weighted by Crippen LogP contribution is 2.39. The Hall–Kier alpha value is -2.30. The van der Waals surface area contributed by atoms with Crippen LogP contribution in [0.4, 0.5) is 0 Å². The topological polar surface area (TPSA) is 83.5 Å². The fourth-order valence-corrected chi connectivity index (χ4v) is 5.54. The van der Waals surface area contributed by atoms with E-state index in [2.05, 4.69) is 38.3 Å². The first-order valence-corrected chi connectivity index (χ1v) is 11.2. The standard InChI is InChI=1S/C19H21N7OS2/c1-19(27-2)5-3-13(4-6-19)28-14-9-15-17(21-10-14)26(24-23-15)18-22-11-16(29-18)25-8-7-20-12-25/h7-13H,3-6H2,1-2H3. The van der Waals surface area contributed by atoms with Gasteiger partial charge in [-0.05, 0) is 38.7 Å². The smallest absolute Gasteiger partial charge is 0.215 e. The third-order valence-corrected chi connectivity index (χ3v) is 7.76. The molecule has 10 heteroatoms. The molecule has 150 valence electrons. The average Bonchev–Trinajstić information content (AvgIpc) is 3.49. The Morgan fingerprint density at radius 3 is 2.86 bits per heavy atom. The Morgan fingerprint density at radius 1 is 1.24 bits per heavy atom. The summed E-state index contributed by atoms with van der Waals surface area (Å²) in [6.45, 7) is 2.21. The molecule has 1 aliphatic carbocycles. The van der Waals surface area contributed by atoms with Crippen LogP contribution in [0.3, 0.4) is 0 Å². The number of ether oxygens (including phenoxy) is 1. The lowest BCUT2D eigenvalue weighted by Gasteiger charge is -2.35. The molecule has 0 unspecified atom stereocenters. The minimum absolute atomic E-state index is 0.0330. The maximum absolute atomic E-state index is 5.65. The maximum atomic E-state index is 5.65. The van der Waals surface area contributed by atoms with Crippen molar-refractivity contribution in [2.75, 3.05) is 7.11 Å².